The van der Waals surface area contributed by atoms with Gasteiger partial charge in [-0.2, -0.15) is 0 Å². The van der Waals surface area contributed by atoms with E-state index in [2.05, 4.69) is 10.6 Å². The van der Waals surface area contributed by atoms with Crippen molar-refractivity contribution in [2.75, 3.05) is 7.05 Å². The molecule has 0 bridgehead atoms. The Morgan fingerprint density at radius 3 is 2.48 bits per heavy atom. The summed E-state index contributed by atoms with van der Waals surface area (Å²) in [5.41, 5.74) is 2.66. The van der Waals surface area contributed by atoms with Crippen molar-refractivity contribution in [3.05, 3.63) is 71.3 Å². The van der Waals surface area contributed by atoms with Crippen LogP contribution < -0.4 is 10.6 Å². The summed E-state index contributed by atoms with van der Waals surface area (Å²) in [4.78, 5) is 23.7. The monoisotopic (exact) mass is 310 g/mol. The van der Waals surface area contributed by atoms with E-state index in [1.54, 1.807) is 19.2 Å². The van der Waals surface area contributed by atoms with Crippen molar-refractivity contribution in [2.24, 2.45) is 0 Å². The van der Waals surface area contributed by atoms with Gasteiger partial charge in [-0.25, -0.2) is 0 Å². The van der Waals surface area contributed by atoms with Gasteiger partial charge in [-0.1, -0.05) is 49.4 Å². The molecule has 2 amide bonds. The highest BCUT2D eigenvalue weighted by Crippen LogP contribution is 2.18. The first-order chi connectivity index (χ1) is 11.1. The molecule has 2 N–H and O–H groups in total. The molecule has 2 rings (SSSR count). The van der Waals surface area contributed by atoms with Crippen LogP contribution >= 0.6 is 0 Å². The lowest BCUT2D eigenvalue weighted by atomic mass is 9.97. The summed E-state index contributed by atoms with van der Waals surface area (Å²) in [6, 6.07) is 17.3. The number of carbonyl (C=O) groups excluding carboxylic acids is 2. The molecule has 4 nitrogen and oxygen atoms in total. The fourth-order valence-electron chi connectivity index (χ4n) is 2.42. The number of benzene rings is 2. The maximum Gasteiger partial charge on any atom is 0.251 e. The van der Waals surface area contributed by atoms with Crippen molar-refractivity contribution in [3.63, 3.8) is 0 Å². The van der Waals surface area contributed by atoms with Crippen LogP contribution in [0.2, 0.25) is 0 Å². The zero-order chi connectivity index (χ0) is 16.7. The molecule has 0 aliphatic carbocycles. The average Bonchev–Trinajstić information content (AvgIpc) is 2.60. The van der Waals surface area contributed by atoms with E-state index in [1.165, 1.54) is 0 Å². The summed E-state index contributed by atoms with van der Waals surface area (Å²) in [7, 11) is 1.60. The van der Waals surface area contributed by atoms with Gasteiger partial charge in [0.15, 0.2) is 0 Å². The molecule has 2 aromatic rings. The van der Waals surface area contributed by atoms with Crippen LogP contribution in [0.3, 0.4) is 0 Å². The smallest absolute Gasteiger partial charge is 0.251 e. The predicted molar refractivity (Wildman–Crippen MR) is 91.2 cm³/mol. The zero-order valence-corrected chi connectivity index (χ0v) is 13.5. The SMILES string of the molecule is CNC(=O)c1cccc(CNC(=O)CC(C)c2ccccc2)c1. The summed E-state index contributed by atoms with van der Waals surface area (Å²) in [6.07, 6.45) is 0.444. The lowest BCUT2D eigenvalue weighted by Gasteiger charge is -2.12. The molecule has 0 radical (unpaired) electrons. The van der Waals surface area contributed by atoms with Crippen LogP contribution in [0.4, 0.5) is 0 Å². The Hall–Kier alpha value is -2.62. The van der Waals surface area contributed by atoms with Gasteiger partial charge < -0.3 is 10.6 Å². The van der Waals surface area contributed by atoms with Crippen molar-refractivity contribution < 1.29 is 9.59 Å². The first kappa shape index (κ1) is 16.7. The average molecular weight is 310 g/mol. The van der Waals surface area contributed by atoms with Crippen LogP contribution in [0.25, 0.3) is 0 Å². The quantitative estimate of drug-likeness (QED) is 0.862. The fourth-order valence-corrected chi connectivity index (χ4v) is 2.42. The Morgan fingerprint density at radius 2 is 1.78 bits per heavy atom. The maximum absolute atomic E-state index is 12.1. The van der Waals surface area contributed by atoms with Crippen LogP contribution in [0.15, 0.2) is 54.6 Å². The second kappa shape index (κ2) is 8.13. The van der Waals surface area contributed by atoms with E-state index in [-0.39, 0.29) is 17.7 Å². The molecule has 2 aromatic carbocycles. The molecule has 0 spiro atoms. The second-order valence-electron chi connectivity index (χ2n) is 5.57. The summed E-state index contributed by atoms with van der Waals surface area (Å²) < 4.78 is 0. The molecule has 0 saturated heterocycles. The molecule has 0 saturated carbocycles. The Morgan fingerprint density at radius 1 is 1.04 bits per heavy atom. The summed E-state index contributed by atoms with van der Waals surface area (Å²) in [5, 5.41) is 5.50. The van der Waals surface area contributed by atoms with Gasteiger partial charge in [0.1, 0.15) is 0 Å². The van der Waals surface area contributed by atoms with E-state index in [1.807, 2.05) is 49.4 Å². The van der Waals surface area contributed by atoms with E-state index < -0.39 is 0 Å². The Bertz CT molecular complexity index is 668. The molecule has 23 heavy (non-hydrogen) atoms. The molecular formula is C19H22N2O2. The topological polar surface area (TPSA) is 58.2 Å². The standard InChI is InChI=1S/C19H22N2O2/c1-14(16-8-4-3-5-9-16)11-18(22)21-13-15-7-6-10-17(12-15)19(23)20-2/h3-10,12,14H,11,13H2,1-2H3,(H,20,23)(H,21,22). The van der Waals surface area contributed by atoms with E-state index in [4.69, 9.17) is 0 Å². The van der Waals surface area contributed by atoms with Crippen LogP contribution in [0.5, 0.6) is 0 Å². The van der Waals surface area contributed by atoms with Crippen LogP contribution in [-0.2, 0) is 11.3 Å². The van der Waals surface area contributed by atoms with Crippen molar-refractivity contribution in [2.45, 2.75) is 25.8 Å². The first-order valence-corrected chi connectivity index (χ1v) is 7.73. The lowest BCUT2D eigenvalue weighted by Crippen LogP contribution is -2.24. The van der Waals surface area contributed by atoms with Gasteiger partial charge in [-0.05, 0) is 29.2 Å². The van der Waals surface area contributed by atoms with E-state index in [0.717, 1.165) is 11.1 Å². The third-order valence-electron chi connectivity index (χ3n) is 3.77. The van der Waals surface area contributed by atoms with Gasteiger partial charge >= 0.3 is 0 Å². The molecule has 1 unspecified atom stereocenters. The number of amides is 2. The third kappa shape index (κ3) is 4.95. The number of carbonyl (C=O) groups is 2. The maximum atomic E-state index is 12.1. The minimum Gasteiger partial charge on any atom is -0.355 e. The summed E-state index contributed by atoms with van der Waals surface area (Å²) >= 11 is 0. The van der Waals surface area contributed by atoms with Gasteiger partial charge in [-0.3, -0.25) is 9.59 Å². The molecule has 1 atom stereocenters. The molecule has 0 aromatic heterocycles. The number of nitrogens with one attached hydrogen (secondary N) is 2. The summed E-state index contributed by atoms with van der Waals surface area (Å²) in [5.74, 6) is 0.0518. The normalized spacial score (nSPS) is 11.6. The van der Waals surface area contributed by atoms with Gasteiger partial charge in [-0.15, -0.1) is 0 Å². The Balaban J connectivity index is 1.88. The molecule has 0 fully saturated rings. The molecule has 120 valence electrons. The van der Waals surface area contributed by atoms with Crippen LogP contribution in [-0.4, -0.2) is 18.9 Å². The first-order valence-electron chi connectivity index (χ1n) is 7.73. The van der Waals surface area contributed by atoms with Gasteiger partial charge in [0.05, 0.1) is 0 Å². The molecule has 0 heterocycles. The highest BCUT2D eigenvalue weighted by Gasteiger charge is 2.11. The lowest BCUT2D eigenvalue weighted by molar-refractivity contribution is -0.121. The largest absolute Gasteiger partial charge is 0.355 e. The molecule has 4 heteroatoms. The van der Waals surface area contributed by atoms with E-state index in [0.29, 0.717) is 18.5 Å². The van der Waals surface area contributed by atoms with Gasteiger partial charge in [0, 0.05) is 25.6 Å². The fraction of sp³-hybridized carbons (Fsp3) is 0.263. The minimum absolute atomic E-state index is 0.00620. The molecule has 0 aliphatic heterocycles. The van der Waals surface area contributed by atoms with E-state index in [9.17, 15) is 9.59 Å². The number of rotatable bonds is 6. The second-order valence-corrected chi connectivity index (χ2v) is 5.57. The van der Waals surface area contributed by atoms with Crippen molar-refractivity contribution in [1.82, 2.24) is 10.6 Å². The number of hydrogen-bond acceptors (Lipinski definition) is 2. The van der Waals surface area contributed by atoms with E-state index >= 15 is 0 Å². The van der Waals surface area contributed by atoms with Crippen molar-refractivity contribution in [3.8, 4) is 0 Å². The van der Waals surface area contributed by atoms with Gasteiger partial charge in [0.25, 0.3) is 5.91 Å². The highest BCUT2D eigenvalue weighted by atomic mass is 16.2. The predicted octanol–water partition coefficient (Wildman–Crippen LogP) is 2.86. The third-order valence-corrected chi connectivity index (χ3v) is 3.77. The highest BCUT2D eigenvalue weighted by molar-refractivity contribution is 5.94. The van der Waals surface area contributed by atoms with Crippen LogP contribution in [0.1, 0.15) is 40.7 Å². The zero-order valence-electron chi connectivity index (χ0n) is 13.5. The Labute approximate surface area is 136 Å². The number of hydrogen-bond donors (Lipinski definition) is 2. The molecular weight excluding hydrogens is 288 g/mol. The molecule has 0 aliphatic rings. The minimum atomic E-state index is -0.129. The van der Waals surface area contributed by atoms with Crippen molar-refractivity contribution in [1.29, 1.82) is 0 Å². The van der Waals surface area contributed by atoms with Crippen molar-refractivity contribution >= 4 is 11.8 Å². The Kier molecular flexibility index (Phi) is 5.92. The van der Waals surface area contributed by atoms with Gasteiger partial charge in [0.2, 0.25) is 5.91 Å². The summed E-state index contributed by atoms with van der Waals surface area (Å²) in [6.45, 7) is 2.46. The van der Waals surface area contributed by atoms with Crippen LogP contribution in [0, 0.1) is 0 Å².